The average Bonchev–Trinajstić information content (AvgIpc) is 2.77. The molecular formula is C15H18N3O. The van der Waals surface area contributed by atoms with E-state index < -0.39 is 5.91 Å². The fourth-order valence-electron chi connectivity index (χ4n) is 1.91. The first-order valence-corrected chi connectivity index (χ1v) is 6.20. The van der Waals surface area contributed by atoms with Crippen molar-refractivity contribution in [3.63, 3.8) is 0 Å². The molecule has 0 spiro atoms. The molecule has 0 bridgehead atoms. The first-order chi connectivity index (χ1) is 8.88. The maximum Gasteiger partial charge on any atom is 0.284 e. The first-order valence-electron chi connectivity index (χ1n) is 6.20. The van der Waals surface area contributed by atoms with E-state index in [-0.39, 0.29) is 11.2 Å². The van der Waals surface area contributed by atoms with Crippen LogP contribution in [0.3, 0.4) is 0 Å². The number of aromatic nitrogens is 2. The van der Waals surface area contributed by atoms with Gasteiger partial charge in [-0.25, -0.2) is 4.98 Å². The predicted octanol–water partition coefficient (Wildman–Crippen LogP) is 2.13. The van der Waals surface area contributed by atoms with Gasteiger partial charge in [0.25, 0.3) is 5.91 Å². The molecule has 1 radical (unpaired) electrons. The molecule has 0 aliphatic rings. The molecule has 0 saturated carbocycles. The molecule has 2 N–H and O–H groups in total. The highest BCUT2D eigenvalue weighted by atomic mass is 16.1. The van der Waals surface area contributed by atoms with E-state index in [0.717, 1.165) is 5.56 Å². The summed E-state index contributed by atoms with van der Waals surface area (Å²) in [4.78, 5) is 15.0. The van der Waals surface area contributed by atoms with Crippen molar-refractivity contribution in [3.8, 4) is 0 Å². The summed E-state index contributed by atoms with van der Waals surface area (Å²) in [5, 5.41) is 0. The van der Waals surface area contributed by atoms with Crippen LogP contribution in [0.15, 0.2) is 30.5 Å². The van der Waals surface area contributed by atoms with Crippen molar-refractivity contribution in [2.75, 3.05) is 0 Å². The van der Waals surface area contributed by atoms with Gasteiger partial charge in [0.1, 0.15) is 6.20 Å². The number of carbonyl (C=O) groups is 1. The smallest absolute Gasteiger partial charge is 0.284 e. The summed E-state index contributed by atoms with van der Waals surface area (Å²) in [6, 6.07) is 8.34. The highest BCUT2D eigenvalue weighted by molar-refractivity contribution is 5.89. The van der Waals surface area contributed by atoms with Crippen molar-refractivity contribution >= 4 is 5.91 Å². The SMILES string of the molecule is CC(C)(C)c1ccc(Cn2c[c]nc2C(N)=O)cc1. The number of primary amides is 1. The Labute approximate surface area is 113 Å². The maximum atomic E-state index is 11.2. The molecule has 0 atom stereocenters. The van der Waals surface area contributed by atoms with E-state index in [1.807, 2.05) is 0 Å². The molecule has 4 nitrogen and oxygen atoms in total. The summed E-state index contributed by atoms with van der Waals surface area (Å²) in [5.41, 5.74) is 7.77. The summed E-state index contributed by atoms with van der Waals surface area (Å²) in [6.45, 7) is 7.10. The Morgan fingerprint density at radius 1 is 1.32 bits per heavy atom. The Bertz CT molecular complexity index is 576. The number of rotatable bonds is 3. The molecule has 1 amide bonds. The van der Waals surface area contributed by atoms with Crippen LogP contribution in [0, 0.1) is 6.20 Å². The predicted molar refractivity (Wildman–Crippen MR) is 73.8 cm³/mol. The Kier molecular flexibility index (Phi) is 3.42. The second-order valence-corrected chi connectivity index (χ2v) is 5.63. The molecule has 19 heavy (non-hydrogen) atoms. The summed E-state index contributed by atoms with van der Waals surface area (Å²) in [7, 11) is 0. The molecule has 99 valence electrons. The zero-order valence-electron chi connectivity index (χ0n) is 11.5. The fraction of sp³-hybridized carbons (Fsp3) is 0.333. The Morgan fingerprint density at radius 3 is 2.47 bits per heavy atom. The number of hydrogen-bond acceptors (Lipinski definition) is 2. The second-order valence-electron chi connectivity index (χ2n) is 5.63. The van der Waals surface area contributed by atoms with Crippen LogP contribution in [0.1, 0.15) is 42.5 Å². The van der Waals surface area contributed by atoms with Crippen molar-refractivity contribution < 1.29 is 4.79 Å². The Balaban J connectivity index is 2.20. The van der Waals surface area contributed by atoms with E-state index in [9.17, 15) is 4.79 Å². The first kappa shape index (κ1) is 13.3. The van der Waals surface area contributed by atoms with Gasteiger partial charge < -0.3 is 10.3 Å². The van der Waals surface area contributed by atoms with Gasteiger partial charge in [-0.3, -0.25) is 4.79 Å². The fourth-order valence-corrected chi connectivity index (χ4v) is 1.91. The standard InChI is InChI=1S/C15H18N3O/c1-15(2,3)12-6-4-11(5-7-12)10-18-9-8-17-14(18)13(16)19/h4-7,9H,10H2,1-3H3,(H2,16,19). The number of carbonyl (C=O) groups excluding carboxylic acids is 1. The number of nitrogens with two attached hydrogens (primary N) is 1. The zero-order chi connectivity index (χ0) is 14.0. The van der Waals surface area contributed by atoms with Gasteiger partial charge in [-0.2, -0.15) is 0 Å². The van der Waals surface area contributed by atoms with E-state index in [1.165, 1.54) is 5.56 Å². The van der Waals surface area contributed by atoms with E-state index >= 15 is 0 Å². The van der Waals surface area contributed by atoms with Crippen LogP contribution < -0.4 is 5.73 Å². The summed E-state index contributed by atoms with van der Waals surface area (Å²) in [5.74, 6) is -0.299. The van der Waals surface area contributed by atoms with Crippen molar-refractivity contribution in [3.05, 3.63) is 53.6 Å². The van der Waals surface area contributed by atoms with Crippen molar-refractivity contribution in [1.29, 1.82) is 0 Å². The molecule has 0 aliphatic heterocycles. The summed E-state index contributed by atoms with van der Waals surface area (Å²) < 4.78 is 1.70. The third-order valence-corrected chi connectivity index (χ3v) is 3.05. The highest BCUT2D eigenvalue weighted by Gasteiger charge is 2.13. The third kappa shape index (κ3) is 3.02. The molecule has 0 unspecified atom stereocenters. The van der Waals surface area contributed by atoms with Crippen LogP contribution in [-0.2, 0) is 12.0 Å². The molecule has 0 saturated heterocycles. The normalized spacial score (nSPS) is 11.5. The summed E-state index contributed by atoms with van der Waals surface area (Å²) >= 11 is 0. The van der Waals surface area contributed by atoms with Crippen molar-refractivity contribution in [2.45, 2.75) is 32.7 Å². The van der Waals surface area contributed by atoms with Crippen molar-refractivity contribution in [1.82, 2.24) is 9.55 Å². The zero-order valence-corrected chi connectivity index (χ0v) is 11.5. The highest BCUT2D eigenvalue weighted by Crippen LogP contribution is 2.22. The van der Waals surface area contributed by atoms with Crippen molar-refractivity contribution in [2.24, 2.45) is 5.73 Å². The van der Waals surface area contributed by atoms with Crippen LogP contribution in [0.25, 0.3) is 0 Å². The van der Waals surface area contributed by atoms with E-state index in [1.54, 1.807) is 10.8 Å². The molecule has 4 heteroatoms. The molecule has 1 aromatic heterocycles. The molecule has 2 rings (SSSR count). The van der Waals surface area contributed by atoms with Crippen LogP contribution in [0.2, 0.25) is 0 Å². The number of benzene rings is 1. The van der Waals surface area contributed by atoms with Gasteiger partial charge in [0, 0.05) is 12.7 Å². The van der Waals surface area contributed by atoms with Gasteiger partial charge in [-0.05, 0) is 16.5 Å². The monoisotopic (exact) mass is 256 g/mol. The number of amides is 1. The van der Waals surface area contributed by atoms with Crippen LogP contribution in [-0.4, -0.2) is 15.5 Å². The number of imidazole rings is 1. The second kappa shape index (κ2) is 4.88. The van der Waals surface area contributed by atoms with Crippen LogP contribution >= 0.6 is 0 Å². The van der Waals surface area contributed by atoms with Gasteiger partial charge in [0.05, 0.1) is 0 Å². The quantitative estimate of drug-likeness (QED) is 0.914. The molecule has 1 aromatic carbocycles. The molecule has 1 heterocycles. The lowest BCUT2D eigenvalue weighted by Crippen LogP contribution is -2.18. The van der Waals surface area contributed by atoms with E-state index in [2.05, 4.69) is 56.2 Å². The van der Waals surface area contributed by atoms with Gasteiger partial charge in [0.15, 0.2) is 5.82 Å². The van der Waals surface area contributed by atoms with Gasteiger partial charge in [0.2, 0.25) is 0 Å². The minimum absolute atomic E-state index is 0.139. The molecule has 0 aliphatic carbocycles. The third-order valence-electron chi connectivity index (χ3n) is 3.05. The molecular weight excluding hydrogens is 238 g/mol. The number of nitrogens with zero attached hydrogens (tertiary/aromatic N) is 2. The minimum atomic E-state index is -0.535. The summed E-state index contributed by atoms with van der Waals surface area (Å²) in [6.07, 6.45) is 4.28. The van der Waals surface area contributed by atoms with Crippen LogP contribution in [0.4, 0.5) is 0 Å². The topological polar surface area (TPSA) is 60.9 Å². The van der Waals surface area contributed by atoms with E-state index in [0.29, 0.717) is 6.54 Å². The average molecular weight is 256 g/mol. The van der Waals surface area contributed by atoms with Crippen LogP contribution in [0.5, 0.6) is 0 Å². The largest absolute Gasteiger partial charge is 0.363 e. The van der Waals surface area contributed by atoms with Gasteiger partial charge in [-0.15, -0.1) is 0 Å². The minimum Gasteiger partial charge on any atom is -0.363 e. The Morgan fingerprint density at radius 2 is 1.95 bits per heavy atom. The molecule has 2 aromatic rings. The lowest BCUT2D eigenvalue weighted by atomic mass is 9.87. The molecule has 0 fully saturated rings. The van der Waals surface area contributed by atoms with Gasteiger partial charge in [-0.1, -0.05) is 45.0 Å². The lowest BCUT2D eigenvalue weighted by Gasteiger charge is -2.19. The Hall–Kier alpha value is -2.10. The van der Waals surface area contributed by atoms with E-state index in [4.69, 9.17) is 5.73 Å². The lowest BCUT2D eigenvalue weighted by molar-refractivity contribution is 0.0987. The van der Waals surface area contributed by atoms with Gasteiger partial charge >= 0.3 is 0 Å². The maximum absolute atomic E-state index is 11.2. The number of hydrogen-bond donors (Lipinski definition) is 1.